The summed E-state index contributed by atoms with van der Waals surface area (Å²) in [6.07, 6.45) is -2.81. The van der Waals surface area contributed by atoms with Crippen molar-refractivity contribution in [2.75, 3.05) is 19.7 Å². The van der Waals surface area contributed by atoms with Crippen LogP contribution >= 0.6 is 0 Å². The molecule has 0 aliphatic carbocycles. The van der Waals surface area contributed by atoms with E-state index in [0.717, 1.165) is 0 Å². The third-order valence-electron chi connectivity index (χ3n) is 4.98. The Morgan fingerprint density at radius 1 is 1.06 bits per heavy atom. The van der Waals surface area contributed by atoms with E-state index in [9.17, 15) is 38.9 Å². The number of H-pyrrole nitrogens is 1. The molecule has 33 heavy (non-hydrogen) atoms. The Hall–Kier alpha value is -2.85. The highest BCUT2D eigenvalue weighted by Crippen LogP contribution is 2.19. The fourth-order valence-electron chi connectivity index (χ4n) is 3.14. The predicted octanol–water partition coefficient (Wildman–Crippen LogP) is -3.11. The van der Waals surface area contributed by atoms with Crippen molar-refractivity contribution in [2.24, 2.45) is 0 Å². The maximum atomic E-state index is 13.2. The summed E-state index contributed by atoms with van der Waals surface area (Å²) in [6, 6.07) is -2.85. The summed E-state index contributed by atoms with van der Waals surface area (Å²) >= 11 is 0. The van der Waals surface area contributed by atoms with Crippen LogP contribution < -0.4 is 27.2 Å². The first-order valence-electron chi connectivity index (χ1n) is 10.3. The van der Waals surface area contributed by atoms with Gasteiger partial charge in [0.2, 0.25) is 5.82 Å². The monoisotopic (exact) mass is 477 g/mol. The second-order valence-electron chi connectivity index (χ2n) is 7.41. The number of nitrogens with one attached hydrogen (secondary N) is 4. The van der Waals surface area contributed by atoms with Crippen molar-refractivity contribution in [2.45, 2.75) is 56.3 Å². The number of unbranched alkanes of at least 4 members (excludes halogenated alkanes) is 3. The number of urea groups is 1. The van der Waals surface area contributed by atoms with Gasteiger partial charge in [-0.3, -0.25) is 9.78 Å². The third-order valence-corrected chi connectivity index (χ3v) is 4.98. The minimum Gasteiger partial charge on any atom is -0.394 e. The normalized spacial score (nSPS) is 24.8. The Kier molecular flexibility index (Phi) is 9.93. The Balaban J connectivity index is 1.59. The maximum Gasteiger partial charge on any atom is 0.336 e. The number of halogens is 1. The van der Waals surface area contributed by atoms with Gasteiger partial charge in [0.1, 0.15) is 24.4 Å². The molecular formula is C18H28FN5O9. The van der Waals surface area contributed by atoms with Gasteiger partial charge in [-0.1, -0.05) is 12.8 Å². The molecule has 0 unspecified atom stereocenters. The van der Waals surface area contributed by atoms with Gasteiger partial charge in [0.15, 0.2) is 6.29 Å². The van der Waals surface area contributed by atoms with Crippen molar-refractivity contribution in [3.8, 4) is 0 Å². The maximum absolute atomic E-state index is 13.2. The topological polar surface area (TPSA) is 215 Å². The summed E-state index contributed by atoms with van der Waals surface area (Å²) in [5.74, 6) is -1.26. The molecule has 2 rings (SSSR count). The molecule has 1 aliphatic heterocycles. The van der Waals surface area contributed by atoms with Crippen molar-refractivity contribution < 1.29 is 39.1 Å². The zero-order valence-electron chi connectivity index (χ0n) is 17.6. The Morgan fingerprint density at radius 2 is 1.70 bits per heavy atom. The molecule has 1 aromatic heterocycles. The predicted molar refractivity (Wildman–Crippen MR) is 109 cm³/mol. The van der Waals surface area contributed by atoms with E-state index < -0.39 is 66.4 Å². The number of carbonyl (C=O) groups is 2. The van der Waals surface area contributed by atoms with Crippen molar-refractivity contribution in [3.63, 3.8) is 0 Å². The average molecular weight is 477 g/mol. The highest BCUT2D eigenvalue weighted by Gasteiger charge is 2.44. The van der Waals surface area contributed by atoms with E-state index in [2.05, 4.69) is 16.0 Å². The first-order chi connectivity index (χ1) is 15.6. The van der Waals surface area contributed by atoms with Gasteiger partial charge in [-0.15, -0.1) is 0 Å². The number of aromatic amines is 1. The number of hydrogen-bond donors (Lipinski definition) is 8. The molecule has 0 aromatic carbocycles. The van der Waals surface area contributed by atoms with Crippen LogP contribution in [0, 0.1) is 5.82 Å². The van der Waals surface area contributed by atoms with Gasteiger partial charge in [-0.25, -0.2) is 19.0 Å². The highest BCUT2D eigenvalue weighted by molar-refractivity contribution is 5.76. The number of ether oxygens (including phenoxy) is 1. The van der Waals surface area contributed by atoms with Gasteiger partial charge in [0.25, 0.3) is 5.56 Å². The zero-order valence-corrected chi connectivity index (χ0v) is 17.6. The van der Waals surface area contributed by atoms with Crippen LogP contribution in [0.1, 0.15) is 25.7 Å². The molecule has 8 N–H and O–H groups in total. The molecule has 1 aromatic rings. The van der Waals surface area contributed by atoms with E-state index in [1.807, 2.05) is 0 Å². The molecule has 0 saturated carbocycles. The van der Waals surface area contributed by atoms with Crippen molar-refractivity contribution in [3.05, 3.63) is 32.9 Å². The summed E-state index contributed by atoms with van der Waals surface area (Å²) in [5, 5.41) is 45.9. The summed E-state index contributed by atoms with van der Waals surface area (Å²) in [5.41, 5.74) is -2.26. The van der Waals surface area contributed by atoms with Crippen molar-refractivity contribution in [1.82, 2.24) is 25.5 Å². The SMILES string of the molecule is O=C(NCCCCCCNC(=O)n1cc(F)c(=O)[nH]c1=O)N[C@H]1[C@H](O)[C@H](O)[C@H](CO)O[C@@H]1O. The summed E-state index contributed by atoms with van der Waals surface area (Å²) in [4.78, 5) is 47.9. The molecular weight excluding hydrogens is 449 g/mol. The Morgan fingerprint density at radius 3 is 2.33 bits per heavy atom. The van der Waals surface area contributed by atoms with E-state index in [-0.39, 0.29) is 13.1 Å². The largest absolute Gasteiger partial charge is 0.394 e. The fourth-order valence-corrected chi connectivity index (χ4v) is 3.14. The van der Waals surface area contributed by atoms with Crippen LogP contribution in [-0.4, -0.2) is 92.4 Å². The van der Waals surface area contributed by atoms with Crippen LogP contribution in [0.3, 0.4) is 0 Å². The number of aliphatic hydroxyl groups excluding tert-OH is 4. The molecule has 5 atom stereocenters. The fraction of sp³-hybridized carbons (Fsp3) is 0.667. The standard InChI is InChI=1S/C18H28FN5O9/c19-9-7-24(18(32)23-14(9)28)17(31)21-6-4-2-1-3-5-20-16(30)22-11-13(27)12(26)10(8-25)33-15(11)29/h7,10-13,15,25-27,29H,1-6,8H2,(H,21,31)(H2,20,22,30)(H,23,28,32)/t10-,11-,12+,13-,15-/m0/s1. The van der Waals surface area contributed by atoms with Crippen LogP contribution in [0.15, 0.2) is 15.8 Å². The first-order valence-corrected chi connectivity index (χ1v) is 10.3. The van der Waals surface area contributed by atoms with Gasteiger partial charge in [0, 0.05) is 13.1 Å². The number of aliphatic hydroxyl groups is 4. The Labute approximate surface area is 186 Å². The zero-order chi connectivity index (χ0) is 24.5. The minimum absolute atomic E-state index is 0.203. The van der Waals surface area contributed by atoms with Crippen molar-refractivity contribution >= 4 is 12.1 Å². The van der Waals surface area contributed by atoms with E-state index in [0.29, 0.717) is 36.4 Å². The first kappa shape index (κ1) is 26.4. The molecule has 1 saturated heterocycles. The highest BCUT2D eigenvalue weighted by atomic mass is 19.1. The van der Waals surface area contributed by atoms with Crippen LogP contribution in [0.5, 0.6) is 0 Å². The van der Waals surface area contributed by atoms with Gasteiger partial charge >= 0.3 is 17.8 Å². The van der Waals surface area contributed by atoms with Crippen LogP contribution in [0.2, 0.25) is 0 Å². The molecule has 0 bridgehead atoms. The molecule has 186 valence electrons. The van der Waals surface area contributed by atoms with Gasteiger partial charge in [-0.2, -0.15) is 4.39 Å². The average Bonchev–Trinajstić information content (AvgIpc) is 2.77. The lowest BCUT2D eigenvalue weighted by atomic mass is 9.97. The minimum atomic E-state index is -1.61. The number of amides is 3. The molecule has 0 radical (unpaired) electrons. The second kappa shape index (κ2) is 12.4. The van der Waals surface area contributed by atoms with Crippen LogP contribution in [0.4, 0.5) is 14.0 Å². The lowest BCUT2D eigenvalue weighted by Crippen LogP contribution is -2.65. The lowest BCUT2D eigenvalue weighted by Gasteiger charge is -2.40. The smallest absolute Gasteiger partial charge is 0.336 e. The van der Waals surface area contributed by atoms with Gasteiger partial charge < -0.3 is 41.1 Å². The molecule has 15 heteroatoms. The number of aromatic nitrogens is 2. The number of nitrogens with zero attached hydrogens (tertiary/aromatic N) is 1. The molecule has 3 amide bonds. The van der Waals surface area contributed by atoms with Crippen molar-refractivity contribution in [1.29, 1.82) is 0 Å². The van der Waals surface area contributed by atoms with Gasteiger partial charge in [-0.05, 0) is 12.8 Å². The molecule has 1 aliphatic rings. The molecule has 1 fully saturated rings. The van der Waals surface area contributed by atoms with Crippen LogP contribution in [0.25, 0.3) is 0 Å². The quantitative estimate of drug-likeness (QED) is 0.169. The van der Waals surface area contributed by atoms with Crippen LogP contribution in [-0.2, 0) is 4.74 Å². The number of rotatable bonds is 9. The second-order valence-corrected chi connectivity index (χ2v) is 7.41. The summed E-state index contributed by atoms with van der Waals surface area (Å²) in [6.45, 7) is -0.136. The third kappa shape index (κ3) is 7.33. The number of carbonyl (C=O) groups excluding carboxylic acids is 2. The lowest BCUT2D eigenvalue weighted by molar-refractivity contribution is -0.252. The van der Waals surface area contributed by atoms with E-state index >= 15 is 0 Å². The molecule has 0 spiro atoms. The van der Waals surface area contributed by atoms with E-state index in [1.54, 1.807) is 4.98 Å². The number of hydrogen-bond acceptors (Lipinski definition) is 9. The summed E-state index contributed by atoms with van der Waals surface area (Å²) in [7, 11) is 0. The Bertz CT molecular complexity index is 923. The molecule has 2 heterocycles. The van der Waals surface area contributed by atoms with Gasteiger partial charge in [0.05, 0.1) is 12.8 Å². The molecule has 14 nitrogen and oxygen atoms in total. The van der Waals surface area contributed by atoms with E-state index in [1.165, 1.54) is 0 Å². The van der Waals surface area contributed by atoms with E-state index in [4.69, 9.17) is 9.84 Å². The summed E-state index contributed by atoms with van der Waals surface area (Å²) < 4.78 is 18.6.